The molecule has 0 spiro atoms. The third kappa shape index (κ3) is 3.01. The number of hydrogen-bond acceptors (Lipinski definition) is 3. The first-order valence-corrected chi connectivity index (χ1v) is 11.5. The van der Waals surface area contributed by atoms with Gasteiger partial charge in [0.25, 0.3) is 10.0 Å². The standard InChI is InChI=1S/C24H23NO3S/c1-15-11-12-16(2)23(13-15)29(26,27)25-21-14-20-18-8-5-6-10-22(18)28-24(20)19-9-4-3-7-17(19)21/h3-4,7,9,11-14,25H,5-6,8,10H2,1-2H3. The summed E-state index contributed by atoms with van der Waals surface area (Å²) in [6.07, 6.45) is 4.20. The van der Waals surface area contributed by atoms with E-state index in [1.54, 1.807) is 6.07 Å². The summed E-state index contributed by atoms with van der Waals surface area (Å²) >= 11 is 0. The number of fused-ring (bicyclic) bond motifs is 5. The largest absolute Gasteiger partial charge is 0.460 e. The van der Waals surface area contributed by atoms with Crippen molar-refractivity contribution in [1.29, 1.82) is 0 Å². The fourth-order valence-electron chi connectivity index (χ4n) is 4.36. The first-order chi connectivity index (χ1) is 13.9. The Balaban J connectivity index is 1.73. The zero-order chi connectivity index (χ0) is 20.2. The fourth-order valence-corrected chi connectivity index (χ4v) is 5.76. The molecule has 148 valence electrons. The van der Waals surface area contributed by atoms with Gasteiger partial charge >= 0.3 is 0 Å². The maximum absolute atomic E-state index is 13.2. The Hall–Kier alpha value is -2.79. The lowest BCUT2D eigenvalue weighted by atomic mass is 9.94. The molecular formula is C24H23NO3S. The van der Waals surface area contributed by atoms with Gasteiger partial charge in [-0.2, -0.15) is 0 Å². The van der Waals surface area contributed by atoms with Crippen molar-refractivity contribution >= 4 is 37.5 Å². The van der Waals surface area contributed by atoms with Gasteiger partial charge in [0.05, 0.1) is 10.6 Å². The van der Waals surface area contributed by atoms with Crippen LogP contribution in [-0.4, -0.2) is 8.42 Å². The molecule has 0 unspecified atom stereocenters. The lowest BCUT2D eigenvalue weighted by Gasteiger charge is -2.14. The van der Waals surface area contributed by atoms with Crippen molar-refractivity contribution in [2.24, 2.45) is 0 Å². The molecule has 1 heterocycles. The second kappa shape index (κ2) is 6.63. The number of benzene rings is 3. The second-order valence-corrected chi connectivity index (χ2v) is 9.58. The molecule has 3 aromatic carbocycles. The van der Waals surface area contributed by atoms with E-state index in [1.165, 1.54) is 5.56 Å². The first kappa shape index (κ1) is 18.3. The molecule has 1 N–H and O–H groups in total. The number of furan rings is 1. The molecule has 29 heavy (non-hydrogen) atoms. The molecule has 5 rings (SSSR count). The van der Waals surface area contributed by atoms with E-state index in [0.29, 0.717) is 10.6 Å². The van der Waals surface area contributed by atoms with Crippen molar-refractivity contribution < 1.29 is 12.8 Å². The van der Waals surface area contributed by atoms with E-state index in [-0.39, 0.29) is 0 Å². The highest BCUT2D eigenvalue weighted by Gasteiger charge is 2.23. The summed E-state index contributed by atoms with van der Waals surface area (Å²) in [6, 6.07) is 15.3. The van der Waals surface area contributed by atoms with Gasteiger partial charge in [0, 0.05) is 28.1 Å². The van der Waals surface area contributed by atoms with E-state index < -0.39 is 10.0 Å². The van der Waals surface area contributed by atoms with Gasteiger partial charge in [0.1, 0.15) is 11.3 Å². The van der Waals surface area contributed by atoms with Crippen LogP contribution in [0, 0.1) is 13.8 Å². The van der Waals surface area contributed by atoms with Crippen molar-refractivity contribution in [1.82, 2.24) is 0 Å². The molecule has 0 saturated heterocycles. The zero-order valence-electron chi connectivity index (χ0n) is 16.6. The maximum Gasteiger partial charge on any atom is 0.262 e. The van der Waals surface area contributed by atoms with E-state index in [2.05, 4.69) is 4.72 Å². The van der Waals surface area contributed by atoms with Crippen LogP contribution < -0.4 is 4.72 Å². The van der Waals surface area contributed by atoms with E-state index in [4.69, 9.17) is 4.42 Å². The Morgan fingerprint density at radius 2 is 1.66 bits per heavy atom. The molecule has 1 aliphatic rings. The summed E-state index contributed by atoms with van der Waals surface area (Å²) in [7, 11) is -3.71. The summed E-state index contributed by atoms with van der Waals surface area (Å²) in [5.74, 6) is 1.05. The van der Waals surface area contributed by atoms with Crippen LogP contribution in [0.3, 0.4) is 0 Å². The summed E-state index contributed by atoms with van der Waals surface area (Å²) in [6.45, 7) is 3.72. The minimum atomic E-state index is -3.71. The van der Waals surface area contributed by atoms with E-state index in [1.807, 2.05) is 56.3 Å². The Morgan fingerprint density at radius 1 is 0.897 bits per heavy atom. The SMILES string of the molecule is Cc1ccc(C)c(S(=O)(=O)Nc2cc3c4c(oc3c3ccccc23)CCCC4)c1. The average Bonchev–Trinajstić information content (AvgIpc) is 3.08. The lowest BCUT2D eigenvalue weighted by Crippen LogP contribution is -2.14. The molecular weight excluding hydrogens is 382 g/mol. The molecule has 0 aliphatic heterocycles. The molecule has 0 atom stereocenters. The van der Waals surface area contributed by atoms with Crippen LogP contribution in [0.25, 0.3) is 21.7 Å². The van der Waals surface area contributed by atoms with Crippen LogP contribution in [-0.2, 0) is 22.9 Å². The highest BCUT2D eigenvalue weighted by molar-refractivity contribution is 7.92. The van der Waals surface area contributed by atoms with Gasteiger partial charge in [-0.25, -0.2) is 8.42 Å². The quantitative estimate of drug-likeness (QED) is 0.463. The normalized spacial score (nSPS) is 14.3. The Kier molecular flexibility index (Phi) is 4.17. The summed E-state index contributed by atoms with van der Waals surface area (Å²) in [5.41, 5.74) is 4.34. The van der Waals surface area contributed by atoms with Crippen molar-refractivity contribution in [3.05, 3.63) is 71.0 Å². The van der Waals surface area contributed by atoms with Gasteiger partial charge in [-0.05, 0) is 56.4 Å². The van der Waals surface area contributed by atoms with Gasteiger partial charge in [-0.15, -0.1) is 0 Å². The van der Waals surface area contributed by atoms with Crippen LogP contribution in [0.15, 0.2) is 57.8 Å². The Morgan fingerprint density at radius 3 is 2.48 bits per heavy atom. The van der Waals surface area contributed by atoms with Crippen LogP contribution >= 0.6 is 0 Å². The van der Waals surface area contributed by atoms with Crippen LogP contribution in [0.1, 0.15) is 35.3 Å². The molecule has 0 fully saturated rings. The molecule has 5 heteroatoms. The third-order valence-corrected chi connectivity index (χ3v) is 7.35. The second-order valence-electron chi connectivity index (χ2n) is 7.93. The molecule has 4 nitrogen and oxygen atoms in total. The Bertz CT molecular complexity index is 1370. The van der Waals surface area contributed by atoms with Crippen LogP contribution in [0.5, 0.6) is 0 Å². The minimum absolute atomic E-state index is 0.316. The molecule has 0 amide bonds. The minimum Gasteiger partial charge on any atom is -0.460 e. The van der Waals surface area contributed by atoms with Gasteiger partial charge in [-0.3, -0.25) is 4.72 Å². The molecule has 0 bridgehead atoms. The number of sulfonamides is 1. The van der Waals surface area contributed by atoms with Gasteiger partial charge in [0.15, 0.2) is 0 Å². The lowest BCUT2D eigenvalue weighted by molar-refractivity contribution is 0.507. The van der Waals surface area contributed by atoms with E-state index >= 15 is 0 Å². The molecule has 0 radical (unpaired) electrons. The molecule has 1 aromatic heterocycles. The van der Waals surface area contributed by atoms with Crippen molar-refractivity contribution in [3.63, 3.8) is 0 Å². The predicted octanol–water partition coefficient (Wildman–Crippen LogP) is 5.88. The first-order valence-electron chi connectivity index (χ1n) is 10.00. The predicted molar refractivity (Wildman–Crippen MR) is 117 cm³/mol. The maximum atomic E-state index is 13.2. The number of aryl methyl sites for hydroxylation is 4. The summed E-state index contributed by atoms with van der Waals surface area (Å²) in [4.78, 5) is 0.316. The molecule has 4 aromatic rings. The number of anilines is 1. The fraction of sp³-hybridized carbons (Fsp3) is 0.250. The monoisotopic (exact) mass is 405 g/mol. The van der Waals surface area contributed by atoms with Crippen LogP contribution in [0.2, 0.25) is 0 Å². The molecule has 0 saturated carbocycles. The van der Waals surface area contributed by atoms with Gasteiger partial charge in [-0.1, -0.05) is 36.4 Å². The summed E-state index contributed by atoms with van der Waals surface area (Å²) in [5, 5.41) is 2.81. The smallest absolute Gasteiger partial charge is 0.262 e. The van der Waals surface area contributed by atoms with E-state index in [0.717, 1.165) is 64.3 Å². The van der Waals surface area contributed by atoms with Gasteiger partial charge < -0.3 is 4.42 Å². The van der Waals surface area contributed by atoms with Crippen molar-refractivity contribution in [2.45, 2.75) is 44.4 Å². The van der Waals surface area contributed by atoms with Gasteiger partial charge in [0.2, 0.25) is 0 Å². The van der Waals surface area contributed by atoms with Crippen molar-refractivity contribution in [2.75, 3.05) is 4.72 Å². The third-order valence-electron chi connectivity index (χ3n) is 5.84. The average molecular weight is 406 g/mol. The number of nitrogens with one attached hydrogen (secondary N) is 1. The number of rotatable bonds is 3. The van der Waals surface area contributed by atoms with Crippen LogP contribution in [0.4, 0.5) is 5.69 Å². The Labute approximate surface area is 170 Å². The number of hydrogen-bond donors (Lipinski definition) is 1. The molecule has 1 aliphatic carbocycles. The topological polar surface area (TPSA) is 59.3 Å². The van der Waals surface area contributed by atoms with Crippen molar-refractivity contribution in [3.8, 4) is 0 Å². The van der Waals surface area contributed by atoms with E-state index in [9.17, 15) is 8.42 Å². The highest BCUT2D eigenvalue weighted by atomic mass is 32.2. The highest BCUT2D eigenvalue weighted by Crippen LogP contribution is 2.40. The zero-order valence-corrected chi connectivity index (χ0v) is 17.4. The summed E-state index contributed by atoms with van der Waals surface area (Å²) < 4.78 is 35.6.